The predicted octanol–water partition coefficient (Wildman–Crippen LogP) is 3.42. The lowest BCUT2D eigenvalue weighted by Crippen LogP contribution is -2.22. The Bertz CT molecular complexity index is 1020. The summed E-state index contributed by atoms with van der Waals surface area (Å²) in [5, 5.41) is 3.68. The summed E-state index contributed by atoms with van der Waals surface area (Å²) < 4.78 is 0. The molecule has 0 unspecified atom stereocenters. The van der Waals surface area contributed by atoms with Crippen LogP contribution in [-0.4, -0.2) is 35.4 Å². The van der Waals surface area contributed by atoms with Gasteiger partial charge in [0.15, 0.2) is 0 Å². The van der Waals surface area contributed by atoms with E-state index in [1.165, 1.54) is 37.6 Å². The van der Waals surface area contributed by atoms with Crippen molar-refractivity contribution in [3.8, 4) is 0 Å². The third-order valence-corrected chi connectivity index (χ3v) is 5.10. The number of likely N-dealkylation sites (tertiary alicyclic amines) is 1. The van der Waals surface area contributed by atoms with E-state index >= 15 is 0 Å². The van der Waals surface area contributed by atoms with Crippen LogP contribution < -0.4 is 10.9 Å². The van der Waals surface area contributed by atoms with E-state index in [1.54, 1.807) is 6.07 Å². The van der Waals surface area contributed by atoms with Gasteiger partial charge in [0.05, 0.1) is 5.56 Å². The Kier molecular flexibility index (Phi) is 5.03. The van der Waals surface area contributed by atoms with E-state index in [0.717, 1.165) is 24.0 Å². The number of pyridine rings is 1. The average molecular weight is 361 g/mol. The van der Waals surface area contributed by atoms with Gasteiger partial charge in [0.1, 0.15) is 0 Å². The topological polar surface area (TPSA) is 65.2 Å². The number of H-pyrrole nitrogens is 1. The molecule has 1 fully saturated rings. The molecule has 0 radical (unpaired) electrons. The molecule has 0 atom stereocenters. The van der Waals surface area contributed by atoms with E-state index < -0.39 is 0 Å². The highest BCUT2D eigenvalue weighted by Gasteiger charge is 2.13. The lowest BCUT2D eigenvalue weighted by molar-refractivity contribution is 0.102. The fourth-order valence-corrected chi connectivity index (χ4v) is 3.69. The normalized spacial score (nSPS) is 14.5. The number of amides is 1. The molecule has 1 aliphatic rings. The van der Waals surface area contributed by atoms with Gasteiger partial charge in [-0.3, -0.25) is 9.59 Å². The highest BCUT2D eigenvalue weighted by Crippen LogP contribution is 2.18. The second-order valence-corrected chi connectivity index (χ2v) is 7.05. The molecular weight excluding hydrogens is 338 g/mol. The summed E-state index contributed by atoms with van der Waals surface area (Å²) in [4.78, 5) is 29.9. The van der Waals surface area contributed by atoms with Gasteiger partial charge < -0.3 is 15.2 Å². The summed E-state index contributed by atoms with van der Waals surface area (Å²) in [6.45, 7) is 3.42. The Labute approximate surface area is 158 Å². The molecule has 138 valence electrons. The first kappa shape index (κ1) is 17.5. The minimum absolute atomic E-state index is 0.269. The number of benzene rings is 2. The van der Waals surface area contributed by atoms with Crippen molar-refractivity contribution >= 4 is 22.5 Å². The molecule has 0 aliphatic carbocycles. The number of para-hydroxylation sites is 1. The Morgan fingerprint density at radius 2 is 1.85 bits per heavy atom. The minimum Gasteiger partial charge on any atom is -0.322 e. The number of carbonyl (C=O) groups excluding carboxylic acids is 1. The molecule has 2 N–H and O–H groups in total. The maximum Gasteiger partial charge on any atom is 0.256 e. The first-order valence-corrected chi connectivity index (χ1v) is 9.44. The van der Waals surface area contributed by atoms with Crippen molar-refractivity contribution in [1.29, 1.82) is 0 Å². The predicted molar refractivity (Wildman–Crippen MR) is 108 cm³/mol. The third kappa shape index (κ3) is 4.09. The number of hydrogen-bond donors (Lipinski definition) is 2. The number of fused-ring (bicyclic) bond motifs is 1. The van der Waals surface area contributed by atoms with Gasteiger partial charge in [-0.15, -0.1) is 0 Å². The summed E-state index contributed by atoms with van der Waals surface area (Å²) >= 11 is 0. The van der Waals surface area contributed by atoms with Crippen LogP contribution in [0.3, 0.4) is 0 Å². The van der Waals surface area contributed by atoms with E-state index in [9.17, 15) is 9.59 Å². The van der Waals surface area contributed by atoms with E-state index in [0.29, 0.717) is 11.1 Å². The average Bonchev–Trinajstić information content (AvgIpc) is 3.19. The SMILES string of the molecule is O=C(Nc1cccc(CCN2CCCC2)c1)c1cc(=O)[nH]c2ccccc12. The van der Waals surface area contributed by atoms with E-state index in [1.807, 2.05) is 36.4 Å². The summed E-state index contributed by atoms with van der Waals surface area (Å²) in [7, 11) is 0. The van der Waals surface area contributed by atoms with Crippen molar-refractivity contribution in [2.24, 2.45) is 0 Å². The molecule has 1 aliphatic heterocycles. The molecule has 5 heteroatoms. The Morgan fingerprint density at radius 3 is 2.70 bits per heavy atom. The van der Waals surface area contributed by atoms with Gasteiger partial charge in [-0.25, -0.2) is 0 Å². The van der Waals surface area contributed by atoms with Crippen molar-refractivity contribution < 1.29 is 4.79 Å². The number of aromatic amines is 1. The summed E-state index contributed by atoms with van der Waals surface area (Å²) in [5.41, 5.74) is 2.73. The zero-order chi connectivity index (χ0) is 18.6. The Morgan fingerprint density at radius 1 is 1.04 bits per heavy atom. The molecule has 1 amide bonds. The second kappa shape index (κ2) is 7.76. The first-order valence-electron chi connectivity index (χ1n) is 9.44. The second-order valence-electron chi connectivity index (χ2n) is 7.05. The molecule has 2 aromatic carbocycles. The molecule has 1 saturated heterocycles. The summed E-state index contributed by atoms with van der Waals surface area (Å²) in [6.07, 6.45) is 3.55. The van der Waals surface area contributed by atoms with Crippen LogP contribution in [0.25, 0.3) is 10.9 Å². The van der Waals surface area contributed by atoms with Crippen LogP contribution in [0.1, 0.15) is 28.8 Å². The van der Waals surface area contributed by atoms with Crippen LogP contribution in [0.2, 0.25) is 0 Å². The lowest BCUT2D eigenvalue weighted by Gasteiger charge is -2.14. The molecule has 1 aromatic heterocycles. The molecule has 0 spiro atoms. The molecule has 0 bridgehead atoms. The number of nitrogens with zero attached hydrogens (tertiary/aromatic N) is 1. The van der Waals surface area contributed by atoms with E-state index in [4.69, 9.17) is 0 Å². The maximum absolute atomic E-state index is 12.8. The zero-order valence-electron chi connectivity index (χ0n) is 15.2. The molecule has 0 saturated carbocycles. The van der Waals surface area contributed by atoms with E-state index in [2.05, 4.69) is 21.3 Å². The number of hydrogen-bond acceptors (Lipinski definition) is 3. The lowest BCUT2D eigenvalue weighted by atomic mass is 10.1. The van der Waals surface area contributed by atoms with Crippen molar-refractivity contribution in [3.63, 3.8) is 0 Å². The molecule has 27 heavy (non-hydrogen) atoms. The molecule has 2 heterocycles. The van der Waals surface area contributed by atoms with Crippen LogP contribution in [0.4, 0.5) is 5.69 Å². The van der Waals surface area contributed by atoms with Gasteiger partial charge in [-0.2, -0.15) is 0 Å². The Balaban J connectivity index is 1.51. The number of aromatic nitrogens is 1. The van der Waals surface area contributed by atoms with E-state index in [-0.39, 0.29) is 11.5 Å². The minimum atomic E-state index is -0.279. The monoisotopic (exact) mass is 361 g/mol. The molecule has 3 aromatic rings. The third-order valence-electron chi connectivity index (χ3n) is 5.10. The van der Waals surface area contributed by atoms with Gasteiger partial charge in [0.25, 0.3) is 5.91 Å². The number of carbonyl (C=O) groups is 1. The summed E-state index contributed by atoms with van der Waals surface area (Å²) in [5.74, 6) is -0.269. The van der Waals surface area contributed by atoms with Gasteiger partial charge in [-0.1, -0.05) is 30.3 Å². The van der Waals surface area contributed by atoms with Crippen LogP contribution in [-0.2, 0) is 6.42 Å². The largest absolute Gasteiger partial charge is 0.322 e. The van der Waals surface area contributed by atoms with Crippen molar-refractivity contribution in [2.45, 2.75) is 19.3 Å². The standard InChI is InChI=1S/C22H23N3O2/c26-21-15-19(18-8-1-2-9-20(18)24-21)22(27)23-17-7-5-6-16(14-17)10-13-25-11-3-4-12-25/h1-2,5-9,14-15H,3-4,10-13H2,(H,23,27)(H,24,26). The molecular formula is C22H23N3O2. The van der Waals surface area contributed by atoms with Gasteiger partial charge >= 0.3 is 0 Å². The van der Waals surface area contributed by atoms with Crippen LogP contribution >= 0.6 is 0 Å². The van der Waals surface area contributed by atoms with Crippen LogP contribution in [0.15, 0.2) is 59.4 Å². The smallest absolute Gasteiger partial charge is 0.256 e. The quantitative estimate of drug-likeness (QED) is 0.732. The van der Waals surface area contributed by atoms with Gasteiger partial charge in [-0.05, 0) is 56.1 Å². The number of nitrogens with one attached hydrogen (secondary N) is 2. The Hall–Kier alpha value is -2.92. The zero-order valence-corrected chi connectivity index (χ0v) is 15.2. The van der Waals surface area contributed by atoms with Crippen molar-refractivity contribution in [1.82, 2.24) is 9.88 Å². The maximum atomic E-state index is 12.8. The fraction of sp³-hybridized carbons (Fsp3) is 0.273. The highest BCUT2D eigenvalue weighted by atomic mass is 16.2. The molecule has 4 rings (SSSR count). The number of anilines is 1. The number of rotatable bonds is 5. The van der Waals surface area contributed by atoms with Crippen molar-refractivity contribution in [3.05, 3.63) is 76.1 Å². The highest BCUT2D eigenvalue weighted by molar-refractivity contribution is 6.12. The van der Waals surface area contributed by atoms with Crippen LogP contribution in [0, 0.1) is 0 Å². The fourth-order valence-electron chi connectivity index (χ4n) is 3.69. The van der Waals surface area contributed by atoms with Gasteiger partial charge in [0.2, 0.25) is 5.56 Å². The van der Waals surface area contributed by atoms with Crippen molar-refractivity contribution in [2.75, 3.05) is 25.0 Å². The van der Waals surface area contributed by atoms with Crippen LogP contribution in [0.5, 0.6) is 0 Å². The van der Waals surface area contributed by atoms with Gasteiger partial charge in [0, 0.05) is 29.2 Å². The first-order chi connectivity index (χ1) is 13.2. The molecule has 5 nitrogen and oxygen atoms in total. The summed E-state index contributed by atoms with van der Waals surface area (Å²) in [6, 6.07) is 16.6.